The molecule has 0 rings (SSSR count). The molecule has 0 aliphatic rings. The van der Waals surface area contributed by atoms with E-state index in [1.54, 1.807) is 0 Å². The van der Waals surface area contributed by atoms with Crippen LogP contribution in [0.25, 0.3) is 0 Å². The molecule has 0 radical (unpaired) electrons. The van der Waals surface area contributed by atoms with Crippen molar-refractivity contribution in [1.82, 2.24) is 5.34 Å². The first-order valence-electron chi connectivity index (χ1n) is 6.06. The number of hydrogen-bond donors (Lipinski definition) is 0. The normalized spacial score (nSPS) is 19.7. The lowest BCUT2D eigenvalue weighted by Crippen LogP contribution is -2.58. The van der Waals surface area contributed by atoms with Crippen LogP contribution in [0.1, 0.15) is 13.8 Å². The number of ether oxygens (including phenoxy) is 1. The summed E-state index contributed by atoms with van der Waals surface area (Å²) in [6.07, 6.45) is -23.9. The van der Waals surface area contributed by atoms with Gasteiger partial charge < -0.3 is 4.74 Å². The van der Waals surface area contributed by atoms with E-state index in [4.69, 9.17) is 0 Å². The lowest BCUT2D eigenvalue weighted by molar-refractivity contribution is -0.353. The number of alkyl halides is 11. The maximum Gasteiger partial charge on any atom is 0.425 e. The van der Waals surface area contributed by atoms with Gasteiger partial charge in [-0.15, -0.1) is 8.96 Å². The first kappa shape index (κ1) is 24.0. The van der Waals surface area contributed by atoms with Crippen molar-refractivity contribution < 1.29 is 62.0 Å². The van der Waals surface area contributed by atoms with Crippen LogP contribution in [0.15, 0.2) is 0 Å². The third-order valence-electron chi connectivity index (χ3n) is 2.99. The van der Waals surface area contributed by atoms with Gasteiger partial charge in [-0.05, 0) is 13.8 Å². The van der Waals surface area contributed by atoms with Crippen LogP contribution in [0.5, 0.6) is 0 Å². The van der Waals surface area contributed by atoms with Gasteiger partial charge >= 0.3 is 24.2 Å². The number of rotatable bonds is 7. The Balaban J connectivity index is 5.46. The van der Waals surface area contributed by atoms with Gasteiger partial charge in [0, 0.05) is 5.34 Å². The Morgan fingerprint density at radius 1 is 0.680 bits per heavy atom. The molecule has 0 amide bonds. The average Bonchev–Trinajstić information content (AvgIpc) is 2.33. The Hall–Kier alpha value is -0.990. The zero-order valence-corrected chi connectivity index (χ0v) is 12.1. The molecule has 0 N–H and O–H groups in total. The molecule has 0 saturated carbocycles. The summed E-state index contributed by atoms with van der Waals surface area (Å²) in [5.74, 6) is -11.0. The maximum absolute atomic E-state index is 13.5. The molecule has 0 fully saturated rings. The van der Waals surface area contributed by atoms with Crippen molar-refractivity contribution in [2.24, 2.45) is 0 Å². The second-order valence-electron chi connectivity index (χ2n) is 4.88. The van der Waals surface area contributed by atoms with Crippen LogP contribution in [0.3, 0.4) is 0 Å². The monoisotopic (exact) mass is 407 g/mol. The molecule has 0 heterocycles. The molecule has 25 heavy (non-hydrogen) atoms. The number of hydrogen-bond acceptors (Lipinski definition) is 2. The Morgan fingerprint density at radius 2 is 1.04 bits per heavy atom. The molecule has 15 heteroatoms. The van der Waals surface area contributed by atoms with E-state index >= 15 is 0 Å². The summed E-state index contributed by atoms with van der Waals surface area (Å²) in [5.41, 5.74) is 0. The van der Waals surface area contributed by atoms with Gasteiger partial charge in [-0.1, -0.05) is 0 Å². The smallest absolute Gasteiger partial charge is 0.363 e. The van der Waals surface area contributed by atoms with Crippen molar-refractivity contribution in [2.75, 3.05) is 0 Å². The highest BCUT2D eigenvalue weighted by atomic mass is 19.4. The van der Waals surface area contributed by atoms with E-state index in [1.807, 2.05) is 0 Å². The van der Waals surface area contributed by atoms with Gasteiger partial charge in [-0.2, -0.15) is 26.3 Å². The summed E-state index contributed by atoms with van der Waals surface area (Å²) in [4.78, 5) is 0. The van der Waals surface area contributed by atoms with Crippen LogP contribution in [-0.2, 0) is 4.74 Å². The first-order valence-corrected chi connectivity index (χ1v) is 6.06. The summed E-state index contributed by atoms with van der Waals surface area (Å²) < 4.78 is 167. The van der Waals surface area contributed by atoms with Crippen LogP contribution in [-0.4, -0.2) is 54.0 Å². The van der Waals surface area contributed by atoms with E-state index < -0.39 is 54.0 Å². The minimum Gasteiger partial charge on any atom is -0.363 e. The lowest BCUT2D eigenvalue weighted by atomic mass is 10.0. The quantitative estimate of drug-likeness (QED) is 0.438. The van der Waals surface area contributed by atoms with E-state index in [2.05, 4.69) is 4.74 Å². The van der Waals surface area contributed by atoms with Crippen LogP contribution in [0, 0.1) is 0 Å². The van der Waals surface area contributed by atoms with Crippen LogP contribution in [0.4, 0.5) is 57.3 Å². The van der Waals surface area contributed by atoms with Gasteiger partial charge in [0.1, 0.15) is 12.2 Å². The van der Waals surface area contributed by atoms with Gasteiger partial charge in [0.05, 0.1) is 0 Å². The van der Waals surface area contributed by atoms with E-state index in [0.29, 0.717) is 0 Å². The highest BCUT2D eigenvalue weighted by Gasteiger charge is 2.65. The molecular weight excluding hydrogens is 397 g/mol. The highest BCUT2D eigenvalue weighted by Crippen LogP contribution is 2.42. The van der Waals surface area contributed by atoms with Crippen molar-refractivity contribution in [1.29, 1.82) is 0 Å². The van der Waals surface area contributed by atoms with Crippen LogP contribution < -0.4 is 0 Å². The molecule has 0 aliphatic carbocycles. The zero-order valence-electron chi connectivity index (χ0n) is 12.1. The largest absolute Gasteiger partial charge is 0.425 e. The Bertz CT molecular complexity index is 432. The molecular formula is C10H10F13NO. The fraction of sp³-hybridized carbons (Fsp3) is 1.00. The highest BCUT2D eigenvalue weighted by molar-refractivity contribution is 4.94. The van der Waals surface area contributed by atoms with Gasteiger partial charge in [0.25, 0.3) is 6.17 Å². The fourth-order valence-corrected chi connectivity index (χ4v) is 1.59. The number of halogens is 13. The molecule has 0 aromatic heterocycles. The minimum absolute atomic E-state index is 0.0316. The van der Waals surface area contributed by atoms with Crippen molar-refractivity contribution in [3.05, 3.63) is 0 Å². The standard InChI is InChI=1S/C10H10F13NO/c1-3(7(12,13)5(11)9(16,17)18)25-4(2)8(14,15)6(24(22)23)10(19,20)21/h3-6H,1-2H3. The van der Waals surface area contributed by atoms with Crippen LogP contribution >= 0.6 is 0 Å². The van der Waals surface area contributed by atoms with Gasteiger partial charge in [0.2, 0.25) is 6.04 Å². The summed E-state index contributed by atoms with van der Waals surface area (Å²) in [6.45, 7) is -0.0915. The van der Waals surface area contributed by atoms with Gasteiger partial charge in [-0.3, -0.25) is 0 Å². The van der Waals surface area contributed by atoms with Crippen molar-refractivity contribution in [3.8, 4) is 0 Å². The predicted molar refractivity (Wildman–Crippen MR) is 54.8 cm³/mol. The molecule has 0 aromatic rings. The molecule has 152 valence electrons. The summed E-state index contributed by atoms with van der Waals surface area (Å²) in [5, 5.41) is -2.95. The molecule has 0 bridgehead atoms. The molecule has 0 aromatic carbocycles. The second-order valence-corrected chi connectivity index (χ2v) is 4.88. The number of nitrogens with zero attached hydrogens (tertiary/aromatic N) is 1. The Kier molecular flexibility index (Phi) is 7.03. The molecule has 4 atom stereocenters. The zero-order chi connectivity index (χ0) is 20.6. The van der Waals surface area contributed by atoms with E-state index in [-0.39, 0.29) is 13.8 Å². The summed E-state index contributed by atoms with van der Waals surface area (Å²) >= 11 is 0. The predicted octanol–water partition coefficient (Wildman–Crippen LogP) is 4.95. The molecule has 2 nitrogen and oxygen atoms in total. The average molecular weight is 407 g/mol. The van der Waals surface area contributed by atoms with E-state index in [0.717, 1.165) is 0 Å². The third-order valence-corrected chi connectivity index (χ3v) is 2.99. The van der Waals surface area contributed by atoms with Crippen molar-refractivity contribution in [3.63, 3.8) is 0 Å². The van der Waals surface area contributed by atoms with Gasteiger partial charge in [0.15, 0.2) is 0 Å². The molecule has 0 saturated heterocycles. The van der Waals surface area contributed by atoms with E-state index in [9.17, 15) is 57.3 Å². The topological polar surface area (TPSA) is 12.5 Å². The lowest BCUT2D eigenvalue weighted by Gasteiger charge is -2.35. The minimum atomic E-state index is -6.25. The third kappa shape index (κ3) is 5.49. The first-order chi connectivity index (χ1) is 10.8. The fourth-order valence-electron chi connectivity index (χ4n) is 1.59. The van der Waals surface area contributed by atoms with Crippen molar-refractivity contribution >= 4 is 0 Å². The van der Waals surface area contributed by atoms with Crippen molar-refractivity contribution in [2.45, 2.75) is 62.5 Å². The summed E-state index contributed by atoms with van der Waals surface area (Å²) in [6, 6.07) is -4.79. The Morgan fingerprint density at radius 3 is 1.32 bits per heavy atom. The van der Waals surface area contributed by atoms with Crippen LogP contribution in [0.2, 0.25) is 0 Å². The maximum atomic E-state index is 13.5. The van der Waals surface area contributed by atoms with E-state index in [1.165, 1.54) is 0 Å². The molecule has 4 unspecified atom stereocenters. The SMILES string of the molecule is CC(OC(C)C(F)(F)C(N(F)F)C(F)(F)F)C(F)(F)C(F)C(F)(F)F. The molecule has 0 aliphatic heterocycles. The summed E-state index contributed by atoms with van der Waals surface area (Å²) in [7, 11) is 0. The second kappa shape index (κ2) is 7.32. The van der Waals surface area contributed by atoms with Gasteiger partial charge in [-0.25, -0.2) is 22.0 Å². The molecule has 0 spiro atoms. The Labute approximate surface area is 131 Å².